The Morgan fingerprint density at radius 3 is 2.33 bits per heavy atom. The van der Waals surface area contributed by atoms with Gasteiger partial charge in [0.05, 0.1) is 5.60 Å². The van der Waals surface area contributed by atoms with Crippen molar-refractivity contribution in [1.29, 1.82) is 0 Å². The Kier molecular flexibility index (Phi) is 2.63. The topological polar surface area (TPSA) is 20.2 Å². The Bertz CT molecular complexity index is 543. The van der Waals surface area contributed by atoms with E-state index in [4.69, 9.17) is 0 Å². The molecule has 0 saturated heterocycles. The molecule has 5 unspecified atom stereocenters. The van der Waals surface area contributed by atoms with Crippen LogP contribution in [0.2, 0.25) is 0 Å². The summed E-state index contributed by atoms with van der Waals surface area (Å²) >= 11 is 0. The molecule has 4 aliphatic carbocycles. The number of rotatable bonds is 2. The van der Waals surface area contributed by atoms with Crippen LogP contribution in [0.3, 0.4) is 0 Å². The molecule has 1 aromatic rings. The minimum absolute atomic E-state index is 0.506. The highest BCUT2D eigenvalue weighted by atomic mass is 16.3. The van der Waals surface area contributed by atoms with E-state index in [9.17, 15) is 5.11 Å². The Labute approximate surface area is 127 Å². The van der Waals surface area contributed by atoms with Gasteiger partial charge in [0, 0.05) is 0 Å². The van der Waals surface area contributed by atoms with Crippen molar-refractivity contribution >= 4 is 0 Å². The van der Waals surface area contributed by atoms with Crippen LogP contribution in [0.25, 0.3) is 0 Å². The molecule has 1 nitrogen and oxygen atoms in total. The van der Waals surface area contributed by atoms with E-state index in [1.807, 2.05) is 0 Å². The van der Waals surface area contributed by atoms with Crippen molar-refractivity contribution in [1.82, 2.24) is 0 Å². The number of hydrogen-bond acceptors (Lipinski definition) is 1. The fraction of sp³-hybridized carbons (Fsp3) is 0.700. The summed E-state index contributed by atoms with van der Waals surface area (Å²) in [6.45, 7) is 0. The molecule has 112 valence electrons. The summed E-state index contributed by atoms with van der Waals surface area (Å²) in [5.74, 6) is 3.92. The average molecular weight is 282 g/mol. The van der Waals surface area contributed by atoms with E-state index in [1.165, 1.54) is 56.1 Å². The summed E-state index contributed by atoms with van der Waals surface area (Å²) in [4.78, 5) is 0. The fourth-order valence-electron chi connectivity index (χ4n) is 6.23. The monoisotopic (exact) mass is 282 g/mol. The van der Waals surface area contributed by atoms with E-state index in [0.717, 1.165) is 30.1 Å². The fourth-order valence-corrected chi connectivity index (χ4v) is 6.23. The van der Waals surface area contributed by atoms with Gasteiger partial charge in [-0.05, 0) is 79.2 Å². The van der Waals surface area contributed by atoms with Gasteiger partial charge < -0.3 is 5.11 Å². The first-order valence-corrected chi connectivity index (χ1v) is 9.08. The van der Waals surface area contributed by atoms with Gasteiger partial charge in [0.2, 0.25) is 0 Å². The van der Waals surface area contributed by atoms with Crippen LogP contribution in [-0.4, -0.2) is 5.11 Å². The number of benzene rings is 1. The van der Waals surface area contributed by atoms with E-state index in [0.29, 0.717) is 5.92 Å². The van der Waals surface area contributed by atoms with Crippen LogP contribution in [0.15, 0.2) is 24.3 Å². The van der Waals surface area contributed by atoms with Crippen molar-refractivity contribution in [2.45, 2.75) is 62.9 Å². The van der Waals surface area contributed by atoms with Crippen LogP contribution in [0.1, 0.15) is 68.4 Å². The molecule has 21 heavy (non-hydrogen) atoms. The second kappa shape index (κ2) is 4.35. The molecule has 1 N–H and O–H groups in total. The predicted molar refractivity (Wildman–Crippen MR) is 84.0 cm³/mol. The van der Waals surface area contributed by atoms with Crippen LogP contribution in [0, 0.1) is 23.7 Å². The van der Waals surface area contributed by atoms with E-state index in [-0.39, 0.29) is 0 Å². The molecule has 1 aromatic carbocycles. The van der Waals surface area contributed by atoms with Gasteiger partial charge in [-0.25, -0.2) is 0 Å². The molecule has 4 aliphatic rings. The highest BCUT2D eigenvalue weighted by molar-refractivity contribution is 5.33. The van der Waals surface area contributed by atoms with Gasteiger partial charge in [-0.2, -0.15) is 0 Å². The Morgan fingerprint density at radius 2 is 1.62 bits per heavy atom. The lowest BCUT2D eigenvalue weighted by atomic mass is 9.69. The zero-order valence-electron chi connectivity index (χ0n) is 12.8. The van der Waals surface area contributed by atoms with Gasteiger partial charge in [0.1, 0.15) is 0 Å². The first kappa shape index (κ1) is 12.7. The van der Waals surface area contributed by atoms with E-state index in [2.05, 4.69) is 24.3 Å². The van der Waals surface area contributed by atoms with Crippen LogP contribution in [0.4, 0.5) is 0 Å². The maximum absolute atomic E-state index is 11.4. The van der Waals surface area contributed by atoms with Crippen molar-refractivity contribution in [2.75, 3.05) is 0 Å². The molecule has 5 atom stereocenters. The summed E-state index contributed by atoms with van der Waals surface area (Å²) < 4.78 is 0. The molecular formula is C20H26O. The summed E-state index contributed by atoms with van der Waals surface area (Å²) in [5.41, 5.74) is 2.20. The van der Waals surface area contributed by atoms with Gasteiger partial charge in [-0.1, -0.05) is 37.1 Å². The molecular weight excluding hydrogens is 256 g/mol. The first-order valence-electron chi connectivity index (χ1n) is 9.08. The van der Waals surface area contributed by atoms with Crippen LogP contribution in [0.5, 0.6) is 0 Å². The van der Waals surface area contributed by atoms with Gasteiger partial charge >= 0.3 is 0 Å². The Hall–Kier alpha value is -0.820. The third-order valence-corrected chi connectivity index (χ3v) is 7.48. The smallest absolute Gasteiger partial charge is 0.0930 e. The zero-order valence-corrected chi connectivity index (χ0v) is 12.8. The van der Waals surface area contributed by atoms with Crippen molar-refractivity contribution in [3.05, 3.63) is 35.4 Å². The zero-order chi connectivity index (χ0) is 14.0. The van der Waals surface area contributed by atoms with Crippen molar-refractivity contribution in [3.8, 4) is 0 Å². The predicted octanol–water partition coefficient (Wildman–Crippen LogP) is 4.60. The molecule has 1 heteroatoms. The highest BCUT2D eigenvalue weighted by Gasteiger charge is 2.60. The molecule has 0 heterocycles. The SMILES string of the molecule is OC1(c2ccc(C3CCC3)cc2)CC2CC1C1CCCC21. The quantitative estimate of drug-likeness (QED) is 0.840. The van der Waals surface area contributed by atoms with Gasteiger partial charge in [0.15, 0.2) is 0 Å². The minimum atomic E-state index is -0.506. The van der Waals surface area contributed by atoms with Crippen molar-refractivity contribution in [3.63, 3.8) is 0 Å². The molecule has 0 spiro atoms. The maximum atomic E-state index is 11.4. The summed E-state index contributed by atoms with van der Waals surface area (Å²) in [7, 11) is 0. The van der Waals surface area contributed by atoms with Crippen LogP contribution < -0.4 is 0 Å². The Balaban J connectivity index is 1.44. The van der Waals surface area contributed by atoms with Gasteiger partial charge in [-0.3, -0.25) is 0 Å². The largest absolute Gasteiger partial charge is 0.385 e. The second-order valence-corrected chi connectivity index (χ2v) is 8.24. The Morgan fingerprint density at radius 1 is 0.905 bits per heavy atom. The van der Waals surface area contributed by atoms with Crippen molar-refractivity contribution < 1.29 is 5.11 Å². The molecule has 4 saturated carbocycles. The lowest BCUT2D eigenvalue weighted by molar-refractivity contribution is -0.0512. The summed E-state index contributed by atoms with van der Waals surface area (Å²) in [6, 6.07) is 9.10. The lowest BCUT2D eigenvalue weighted by Gasteiger charge is -2.39. The number of aliphatic hydroxyl groups is 1. The normalized spacial score (nSPS) is 44.8. The number of hydrogen-bond donors (Lipinski definition) is 1. The van der Waals surface area contributed by atoms with Gasteiger partial charge in [0.25, 0.3) is 0 Å². The second-order valence-electron chi connectivity index (χ2n) is 8.24. The first-order chi connectivity index (χ1) is 10.3. The third-order valence-electron chi connectivity index (χ3n) is 7.48. The van der Waals surface area contributed by atoms with Crippen LogP contribution in [-0.2, 0) is 5.60 Å². The van der Waals surface area contributed by atoms with Gasteiger partial charge in [-0.15, -0.1) is 0 Å². The van der Waals surface area contributed by atoms with E-state index in [1.54, 1.807) is 0 Å². The molecule has 0 radical (unpaired) electrons. The van der Waals surface area contributed by atoms with Crippen molar-refractivity contribution in [2.24, 2.45) is 23.7 Å². The molecule has 2 bridgehead atoms. The standard InChI is InChI=1S/C20H26O/c21-20(12-15-11-19(20)18-6-2-5-17(15)18)16-9-7-14(8-10-16)13-3-1-4-13/h7-10,13,15,17-19,21H,1-6,11-12H2. The molecule has 4 fully saturated rings. The molecule has 0 amide bonds. The number of fused-ring (bicyclic) bond motifs is 5. The van der Waals surface area contributed by atoms with Crippen LogP contribution >= 0.6 is 0 Å². The molecule has 5 rings (SSSR count). The summed E-state index contributed by atoms with van der Waals surface area (Å²) in [6.07, 6.45) is 10.6. The van der Waals surface area contributed by atoms with E-state index >= 15 is 0 Å². The maximum Gasteiger partial charge on any atom is 0.0930 e. The summed E-state index contributed by atoms with van der Waals surface area (Å²) in [5, 5.41) is 11.4. The minimum Gasteiger partial charge on any atom is -0.385 e. The highest BCUT2D eigenvalue weighted by Crippen LogP contribution is 2.65. The lowest BCUT2D eigenvalue weighted by Crippen LogP contribution is -2.38. The molecule has 0 aromatic heterocycles. The average Bonchev–Trinajstić information content (AvgIpc) is 3.08. The third kappa shape index (κ3) is 1.67. The van der Waals surface area contributed by atoms with E-state index < -0.39 is 5.60 Å². The molecule has 0 aliphatic heterocycles.